The van der Waals surface area contributed by atoms with Gasteiger partial charge in [0.15, 0.2) is 6.10 Å². The summed E-state index contributed by atoms with van der Waals surface area (Å²) < 4.78 is 5.70. The zero-order valence-corrected chi connectivity index (χ0v) is 13.5. The van der Waals surface area contributed by atoms with Gasteiger partial charge in [-0.05, 0) is 38.3 Å². The number of amides is 1. The van der Waals surface area contributed by atoms with Gasteiger partial charge < -0.3 is 14.7 Å². The molecule has 1 atom stereocenters. The summed E-state index contributed by atoms with van der Waals surface area (Å²) in [5.74, 6) is 0.269. The van der Waals surface area contributed by atoms with Gasteiger partial charge in [0, 0.05) is 23.7 Å². The first-order valence-electron chi connectivity index (χ1n) is 7.07. The molecule has 1 N–H and O–H groups in total. The van der Waals surface area contributed by atoms with Crippen molar-refractivity contribution in [2.75, 3.05) is 13.1 Å². The maximum atomic E-state index is 12.3. The fourth-order valence-corrected chi connectivity index (χ4v) is 3.04. The fraction of sp³-hybridized carbons (Fsp3) is 0.533. The molecule has 0 bridgehead atoms. The molecule has 0 saturated carbocycles. The number of carbonyl (C=O) groups excluding carboxylic acids is 1. The van der Waals surface area contributed by atoms with Crippen molar-refractivity contribution in [2.45, 2.75) is 38.9 Å². The predicted molar refractivity (Wildman–Crippen MR) is 82.9 cm³/mol. The van der Waals surface area contributed by atoms with Gasteiger partial charge in [0.05, 0.1) is 11.6 Å². The number of halogens is 2. The Bertz CT molecular complexity index is 516. The minimum atomic E-state index is -0.646. The number of aliphatic hydroxyl groups is 1. The van der Waals surface area contributed by atoms with Crippen LogP contribution >= 0.6 is 23.2 Å². The molecule has 0 aromatic heterocycles. The van der Waals surface area contributed by atoms with Gasteiger partial charge in [-0.2, -0.15) is 0 Å². The average Bonchev–Trinajstić information content (AvgIpc) is 2.49. The maximum absolute atomic E-state index is 12.3. The Morgan fingerprint density at radius 2 is 2.00 bits per heavy atom. The topological polar surface area (TPSA) is 49.8 Å². The molecule has 0 aliphatic carbocycles. The van der Waals surface area contributed by atoms with Crippen LogP contribution in [-0.4, -0.2) is 35.1 Å². The van der Waals surface area contributed by atoms with Crippen molar-refractivity contribution in [3.05, 3.63) is 27.7 Å². The number of nitrogens with zero attached hydrogens (tertiary/aromatic N) is 1. The molecule has 116 valence electrons. The van der Waals surface area contributed by atoms with E-state index in [0.29, 0.717) is 21.4 Å². The van der Waals surface area contributed by atoms with Crippen LogP contribution in [0.3, 0.4) is 0 Å². The van der Waals surface area contributed by atoms with E-state index in [1.54, 1.807) is 13.0 Å². The van der Waals surface area contributed by atoms with Gasteiger partial charge in [0.25, 0.3) is 5.91 Å². The molecule has 0 spiro atoms. The van der Waals surface area contributed by atoms with Crippen LogP contribution in [0.1, 0.15) is 31.7 Å². The number of piperidine rings is 1. The molecule has 1 aromatic carbocycles. The third-order valence-electron chi connectivity index (χ3n) is 3.57. The van der Waals surface area contributed by atoms with E-state index in [2.05, 4.69) is 0 Å². The Morgan fingerprint density at radius 1 is 1.33 bits per heavy atom. The summed E-state index contributed by atoms with van der Waals surface area (Å²) in [4.78, 5) is 14.2. The zero-order valence-electron chi connectivity index (χ0n) is 11.9. The lowest BCUT2D eigenvalue weighted by molar-refractivity contribution is -0.138. The largest absolute Gasteiger partial charge is 0.479 e. The monoisotopic (exact) mass is 331 g/mol. The molecule has 1 aromatic rings. The van der Waals surface area contributed by atoms with Gasteiger partial charge in [0.2, 0.25) is 0 Å². The highest BCUT2D eigenvalue weighted by Crippen LogP contribution is 2.33. The van der Waals surface area contributed by atoms with Crippen LogP contribution in [0, 0.1) is 0 Å². The third-order valence-corrected chi connectivity index (χ3v) is 4.06. The average molecular weight is 332 g/mol. The molecule has 1 unspecified atom stereocenters. The quantitative estimate of drug-likeness (QED) is 0.921. The zero-order chi connectivity index (χ0) is 15.4. The van der Waals surface area contributed by atoms with Gasteiger partial charge in [-0.1, -0.05) is 23.2 Å². The van der Waals surface area contributed by atoms with Crippen molar-refractivity contribution in [1.29, 1.82) is 0 Å². The molecule has 1 aliphatic heterocycles. The van der Waals surface area contributed by atoms with E-state index in [1.165, 1.54) is 6.07 Å². The molecule has 6 heteroatoms. The smallest absolute Gasteiger partial charge is 0.263 e. The number of ether oxygens (including phenoxy) is 1. The van der Waals surface area contributed by atoms with Crippen molar-refractivity contribution in [1.82, 2.24) is 4.90 Å². The molecule has 0 radical (unpaired) electrons. The standard InChI is InChI=1S/C15H19Cl2NO3/c1-10(15(20)18-5-3-2-4-6-18)21-14-11(9-19)7-12(16)8-13(14)17/h7-8,10,19H,2-6,9H2,1H3. The molecular formula is C15H19Cl2NO3. The van der Waals surface area contributed by atoms with E-state index in [0.717, 1.165) is 32.4 Å². The van der Waals surface area contributed by atoms with Gasteiger partial charge in [0.1, 0.15) is 5.75 Å². The minimum Gasteiger partial charge on any atom is -0.479 e. The maximum Gasteiger partial charge on any atom is 0.263 e. The van der Waals surface area contributed by atoms with Gasteiger partial charge in [-0.25, -0.2) is 0 Å². The van der Waals surface area contributed by atoms with Crippen LogP contribution in [0.5, 0.6) is 5.75 Å². The van der Waals surface area contributed by atoms with Crippen LogP contribution in [0.25, 0.3) is 0 Å². The number of carbonyl (C=O) groups is 1. The van der Waals surface area contributed by atoms with Crippen LogP contribution in [-0.2, 0) is 11.4 Å². The first-order chi connectivity index (χ1) is 10.0. The highest BCUT2D eigenvalue weighted by Gasteiger charge is 2.25. The van der Waals surface area contributed by atoms with Crippen molar-refractivity contribution in [3.8, 4) is 5.75 Å². The third kappa shape index (κ3) is 4.02. The van der Waals surface area contributed by atoms with Gasteiger partial charge in [-0.15, -0.1) is 0 Å². The van der Waals surface area contributed by atoms with E-state index in [9.17, 15) is 9.90 Å². The number of hydrogen-bond acceptors (Lipinski definition) is 3. The lowest BCUT2D eigenvalue weighted by Gasteiger charge is -2.29. The molecule has 1 heterocycles. The van der Waals surface area contributed by atoms with Crippen LogP contribution < -0.4 is 4.74 Å². The summed E-state index contributed by atoms with van der Waals surface area (Å²) in [5, 5.41) is 10.1. The summed E-state index contributed by atoms with van der Waals surface area (Å²) in [5.41, 5.74) is 0.478. The van der Waals surface area contributed by atoms with Crippen molar-refractivity contribution in [2.24, 2.45) is 0 Å². The number of aliphatic hydroxyl groups excluding tert-OH is 1. The lowest BCUT2D eigenvalue weighted by atomic mass is 10.1. The van der Waals surface area contributed by atoms with Gasteiger partial charge in [-0.3, -0.25) is 4.79 Å². The van der Waals surface area contributed by atoms with Gasteiger partial charge >= 0.3 is 0 Å². The molecule has 21 heavy (non-hydrogen) atoms. The molecular weight excluding hydrogens is 313 g/mol. The van der Waals surface area contributed by atoms with Crippen molar-refractivity contribution >= 4 is 29.1 Å². The first-order valence-corrected chi connectivity index (χ1v) is 7.82. The summed E-state index contributed by atoms with van der Waals surface area (Å²) in [6.45, 7) is 2.99. The highest BCUT2D eigenvalue weighted by molar-refractivity contribution is 6.35. The molecule has 4 nitrogen and oxygen atoms in total. The Kier molecular flexibility index (Phi) is 5.73. The van der Waals surface area contributed by atoms with E-state index >= 15 is 0 Å². The number of likely N-dealkylation sites (tertiary alicyclic amines) is 1. The second-order valence-corrected chi connectivity index (χ2v) is 6.02. The van der Waals surface area contributed by atoms with Crippen LogP contribution in [0.2, 0.25) is 10.0 Å². The van der Waals surface area contributed by atoms with Crippen LogP contribution in [0.15, 0.2) is 12.1 Å². The SMILES string of the molecule is CC(Oc1c(Cl)cc(Cl)cc1CO)C(=O)N1CCCCC1. The van der Waals surface area contributed by atoms with E-state index in [1.807, 2.05) is 4.90 Å². The first kappa shape index (κ1) is 16.4. The predicted octanol–water partition coefficient (Wildman–Crippen LogP) is 3.27. The Hall–Kier alpha value is -0.970. The summed E-state index contributed by atoms with van der Waals surface area (Å²) in [7, 11) is 0. The molecule has 1 aliphatic rings. The Labute approximate surface area is 134 Å². The molecule has 1 saturated heterocycles. The highest BCUT2D eigenvalue weighted by atomic mass is 35.5. The number of benzene rings is 1. The molecule has 1 fully saturated rings. The Balaban J connectivity index is 2.11. The van der Waals surface area contributed by atoms with E-state index in [-0.39, 0.29) is 12.5 Å². The van der Waals surface area contributed by atoms with E-state index < -0.39 is 6.10 Å². The van der Waals surface area contributed by atoms with Crippen LogP contribution in [0.4, 0.5) is 0 Å². The van der Waals surface area contributed by atoms with Crippen molar-refractivity contribution in [3.63, 3.8) is 0 Å². The molecule has 2 rings (SSSR count). The summed E-state index contributed by atoms with van der Waals surface area (Å²) >= 11 is 12.0. The number of rotatable bonds is 4. The van der Waals surface area contributed by atoms with E-state index in [4.69, 9.17) is 27.9 Å². The Morgan fingerprint density at radius 3 is 2.62 bits per heavy atom. The summed E-state index contributed by atoms with van der Waals surface area (Å²) in [6.07, 6.45) is 2.58. The number of hydrogen-bond donors (Lipinski definition) is 1. The minimum absolute atomic E-state index is 0.0513. The normalized spacial score (nSPS) is 16.7. The van der Waals surface area contributed by atoms with Crippen molar-refractivity contribution < 1.29 is 14.6 Å². The summed E-state index contributed by atoms with van der Waals surface area (Å²) in [6, 6.07) is 3.12. The second kappa shape index (κ2) is 7.34. The molecule has 1 amide bonds. The second-order valence-electron chi connectivity index (χ2n) is 5.18. The fourth-order valence-electron chi connectivity index (χ4n) is 2.46. The lowest BCUT2D eigenvalue weighted by Crippen LogP contribution is -2.43.